The number of benzene rings is 1. The van der Waals surface area contributed by atoms with Gasteiger partial charge in [-0.05, 0) is 44.4 Å². The molecule has 1 atom stereocenters. The van der Waals surface area contributed by atoms with Crippen molar-refractivity contribution in [3.05, 3.63) is 23.8 Å². The molecule has 1 rings (SSSR count). The minimum atomic E-state index is 0.548. The summed E-state index contributed by atoms with van der Waals surface area (Å²) in [6.07, 6.45) is 3.58. The number of nitrogens with one attached hydrogen (secondary N) is 1. The minimum absolute atomic E-state index is 0.548. The Labute approximate surface area is 130 Å². The Balaban J connectivity index is 2.81. The molecule has 0 spiro atoms. The zero-order valence-corrected chi connectivity index (χ0v) is 14.4. The summed E-state index contributed by atoms with van der Waals surface area (Å²) in [5.41, 5.74) is 2.49. The normalized spacial score (nSPS) is 12.2. The van der Waals surface area contributed by atoms with Gasteiger partial charge in [0.15, 0.2) is 0 Å². The van der Waals surface area contributed by atoms with Gasteiger partial charge in [0.2, 0.25) is 0 Å². The quantitative estimate of drug-likeness (QED) is 0.699. The first-order chi connectivity index (χ1) is 10.2. The van der Waals surface area contributed by atoms with Crippen molar-refractivity contribution < 1.29 is 4.74 Å². The van der Waals surface area contributed by atoms with E-state index >= 15 is 0 Å². The second-order valence-electron chi connectivity index (χ2n) is 5.63. The molecular weight excluding hydrogens is 260 g/mol. The van der Waals surface area contributed by atoms with Gasteiger partial charge in [0.05, 0.1) is 12.8 Å². The summed E-state index contributed by atoms with van der Waals surface area (Å²) in [5.74, 6) is 0.983. The van der Waals surface area contributed by atoms with Crippen molar-refractivity contribution in [1.82, 2.24) is 5.32 Å². The van der Waals surface area contributed by atoms with E-state index in [1.165, 1.54) is 24.1 Å². The second-order valence-corrected chi connectivity index (χ2v) is 5.63. The largest absolute Gasteiger partial charge is 0.495 e. The van der Waals surface area contributed by atoms with Crippen molar-refractivity contribution >= 4 is 5.69 Å². The lowest BCUT2D eigenvalue weighted by atomic mass is 10.1. The van der Waals surface area contributed by atoms with Crippen molar-refractivity contribution in [2.24, 2.45) is 0 Å². The average Bonchev–Trinajstić information content (AvgIpc) is 2.53. The van der Waals surface area contributed by atoms with Gasteiger partial charge in [-0.15, -0.1) is 0 Å². The molecule has 0 fully saturated rings. The fraction of sp³-hybridized carbons (Fsp3) is 0.667. The molecule has 1 aromatic carbocycles. The van der Waals surface area contributed by atoms with E-state index in [9.17, 15) is 0 Å². The number of rotatable bonds is 10. The highest BCUT2D eigenvalue weighted by molar-refractivity contribution is 5.59. The Morgan fingerprint density at radius 1 is 1.24 bits per heavy atom. The number of unbranched alkanes of at least 4 members (excludes halogenated alkanes) is 1. The van der Waals surface area contributed by atoms with Crippen molar-refractivity contribution in [1.29, 1.82) is 0 Å². The van der Waals surface area contributed by atoms with Crippen molar-refractivity contribution in [2.75, 3.05) is 25.1 Å². The molecule has 0 heterocycles. The number of nitrogens with zero attached hydrogens (tertiary/aromatic N) is 1. The van der Waals surface area contributed by atoms with E-state index in [0.717, 1.165) is 31.8 Å². The highest BCUT2D eigenvalue weighted by Crippen LogP contribution is 2.29. The van der Waals surface area contributed by atoms with Crippen LogP contribution in [0.5, 0.6) is 5.75 Å². The molecule has 120 valence electrons. The van der Waals surface area contributed by atoms with Crippen LogP contribution in [0.25, 0.3) is 0 Å². The SMILES string of the molecule is CCCCN(CC)c1ccc(CNC(C)CC)cc1OC. The molecule has 1 N–H and O–H groups in total. The number of hydrogen-bond acceptors (Lipinski definition) is 3. The molecule has 0 aliphatic carbocycles. The Morgan fingerprint density at radius 3 is 2.57 bits per heavy atom. The first kappa shape index (κ1) is 17.8. The van der Waals surface area contributed by atoms with Gasteiger partial charge in [-0.2, -0.15) is 0 Å². The topological polar surface area (TPSA) is 24.5 Å². The second kappa shape index (κ2) is 9.67. The van der Waals surface area contributed by atoms with Gasteiger partial charge in [-0.25, -0.2) is 0 Å². The summed E-state index contributed by atoms with van der Waals surface area (Å²) in [6, 6.07) is 7.12. The molecule has 21 heavy (non-hydrogen) atoms. The Kier molecular flexibility index (Phi) is 8.21. The van der Waals surface area contributed by atoms with Crippen LogP contribution in [0.3, 0.4) is 0 Å². The van der Waals surface area contributed by atoms with Crippen molar-refractivity contribution in [3.63, 3.8) is 0 Å². The van der Waals surface area contributed by atoms with Crippen LogP contribution in [0.2, 0.25) is 0 Å². The fourth-order valence-corrected chi connectivity index (χ4v) is 2.33. The number of methoxy groups -OCH3 is 1. The van der Waals surface area contributed by atoms with E-state index in [0.29, 0.717) is 6.04 Å². The van der Waals surface area contributed by atoms with Gasteiger partial charge in [0.25, 0.3) is 0 Å². The molecular formula is C18H32N2O. The van der Waals surface area contributed by atoms with Gasteiger partial charge < -0.3 is 15.0 Å². The van der Waals surface area contributed by atoms with Gasteiger partial charge in [0.1, 0.15) is 5.75 Å². The van der Waals surface area contributed by atoms with Gasteiger partial charge in [0, 0.05) is 25.7 Å². The van der Waals surface area contributed by atoms with Gasteiger partial charge >= 0.3 is 0 Å². The van der Waals surface area contributed by atoms with Crippen LogP contribution in [0, 0.1) is 0 Å². The van der Waals surface area contributed by atoms with Crippen LogP contribution in [0.1, 0.15) is 52.5 Å². The summed E-state index contributed by atoms with van der Waals surface area (Å²) >= 11 is 0. The van der Waals surface area contributed by atoms with Crippen LogP contribution >= 0.6 is 0 Å². The Hall–Kier alpha value is -1.22. The molecule has 3 nitrogen and oxygen atoms in total. The molecule has 0 aliphatic heterocycles. The predicted octanol–water partition coefficient (Wildman–Crippen LogP) is 4.21. The molecule has 0 aromatic heterocycles. The molecule has 3 heteroatoms. The fourth-order valence-electron chi connectivity index (χ4n) is 2.33. The predicted molar refractivity (Wildman–Crippen MR) is 92.4 cm³/mol. The van der Waals surface area contributed by atoms with Crippen molar-refractivity contribution in [3.8, 4) is 5.75 Å². The molecule has 0 amide bonds. The lowest BCUT2D eigenvalue weighted by Gasteiger charge is -2.25. The third-order valence-corrected chi connectivity index (χ3v) is 4.02. The lowest BCUT2D eigenvalue weighted by Crippen LogP contribution is -2.25. The minimum Gasteiger partial charge on any atom is -0.495 e. The monoisotopic (exact) mass is 292 g/mol. The van der Waals surface area contributed by atoms with Crippen LogP contribution in [0.4, 0.5) is 5.69 Å². The highest BCUT2D eigenvalue weighted by atomic mass is 16.5. The standard InChI is InChI=1S/C18H32N2O/c1-6-9-12-20(8-3)17-11-10-16(13-18(17)21-5)14-19-15(4)7-2/h10-11,13,15,19H,6-9,12,14H2,1-5H3. The Morgan fingerprint density at radius 2 is 2.00 bits per heavy atom. The molecule has 0 bridgehead atoms. The van der Waals surface area contributed by atoms with E-state index in [-0.39, 0.29) is 0 Å². The number of hydrogen-bond donors (Lipinski definition) is 1. The molecule has 1 aromatic rings. The molecule has 0 saturated heterocycles. The smallest absolute Gasteiger partial charge is 0.142 e. The molecule has 0 radical (unpaired) electrons. The van der Waals surface area contributed by atoms with E-state index < -0.39 is 0 Å². The average molecular weight is 292 g/mol. The number of anilines is 1. The lowest BCUT2D eigenvalue weighted by molar-refractivity contribution is 0.413. The van der Waals surface area contributed by atoms with E-state index in [1.807, 2.05) is 0 Å². The van der Waals surface area contributed by atoms with Crippen LogP contribution in [-0.2, 0) is 6.54 Å². The van der Waals surface area contributed by atoms with Crippen molar-refractivity contribution in [2.45, 2.75) is 59.5 Å². The molecule has 0 aliphatic rings. The van der Waals surface area contributed by atoms with Gasteiger partial charge in [-0.3, -0.25) is 0 Å². The van der Waals surface area contributed by atoms with Crippen LogP contribution in [0.15, 0.2) is 18.2 Å². The summed E-state index contributed by atoms with van der Waals surface area (Å²) < 4.78 is 5.61. The maximum Gasteiger partial charge on any atom is 0.142 e. The molecule has 1 unspecified atom stereocenters. The summed E-state index contributed by atoms with van der Waals surface area (Å²) in [7, 11) is 1.76. The third-order valence-electron chi connectivity index (χ3n) is 4.02. The first-order valence-corrected chi connectivity index (χ1v) is 8.31. The highest BCUT2D eigenvalue weighted by Gasteiger charge is 2.11. The van der Waals surface area contributed by atoms with E-state index in [1.54, 1.807) is 7.11 Å². The van der Waals surface area contributed by atoms with E-state index in [4.69, 9.17) is 4.74 Å². The maximum absolute atomic E-state index is 5.61. The van der Waals surface area contributed by atoms with Crippen LogP contribution in [-0.4, -0.2) is 26.2 Å². The summed E-state index contributed by atoms with van der Waals surface area (Å²) in [4.78, 5) is 2.40. The summed E-state index contributed by atoms with van der Waals surface area (Å²) in [6.45, 7) is 11.9. The first-order valence-electron chi connectivity index (χ1n) is 8.31. The zero-order valence-electron chi connectivity index (χ0n) is 14.4. The maximum atomic E-state index is 5.61. The van der Waals surface area contributed by atoms with Crippen LogP contribution < -0.4 is 15.0 Å². The Bertz CT molecular complexity index is 406. The summed E-state index contributed by atoms with van der Waals surface area (Å²) in [5, 5.41) is 3.53. The number of ether oxygens (including phenoxy) is 1. The third kappa shape index (κ3) is 5.58. The molecule has 0 saturated carbocycles. The zero-order chi connectivity index (χ0) is 15.7. The van der Waals surface area contributed by atoms with Gasteiger partial charge in [-0.1, -0.05) is 26.3 Å². The van der Waals surface area contributed by atoms with E-state index in [2.05, 4.69) is 56.1 Å².